The van der Waals surface area contributed by atoms with E-state index in [1.54, 1.807) is 9.29 Å². The van der Waals surface area contributed by atoms with Crippen molar-refractivity contribution >= 4 is 67.5 Å². The lowest BCUT2D eigenvalue weighted by Gasteiger charge is -2.55. The molecule has 1 fully saturated rings. The van der Waals surface area contributed by atoms with Gasteiger partial charge < -0.3 is 0 Å². The minimum atomic E-state index is -1.31. The Morgan fingerprint density at radius 1 is 0.368 bits per heavy atom. The zero-order valence-electron chi connectivity index (χ0n) is 44.5. The number of aryl methyl sites for hydroxylation is 12. The van der Waals surface area contributed by atoms with E-state index in [4.69, 9.17) is 0 Å². The maximum atomic E-state index is 3.05. The summed E-state index contributed by atoms with van der Waals surface area (Å²) >= 11 is 4.46. The molecule has 3 aliphatic rings. The average Bonchev–Trinajstić information content (AvgIpc) is 3.66. The quantitative estimate of drug-likeness (QED) is 0.0792. The van der Waals surface area contributed by atoms with Crippen molar-refractivity contribution in [2.24, 2.45) is 0 Å². The van der Waals surface area contributed by atoms with E-state index in [0.29, 0.717) is 0 Å². The Morgan fingerprint density at radius 3 is 0.794 bits per heavy atom. The molecule has 356 valence electrons. The molecule has 1 saturated heterocycles. The first-order valence-corrected chi connectivity index (χ1v) is 36.6. The van der Waals surface area contributed by atoms with Crippen LogP contribution in [0.3, 0.4) is 0 Å². The number of anilines is 2. The van der Waals surface area contributed by atoms with Gasteiger partial charge in [0, 0.05) is 38.4 Å². The summed E-state index contributed by atoms with van der Waals surface area (Å²) in [5.74, 6) is 2.35. The molecule has 6 aromatic rings. The summed E-state index contributed by atoms with van der Waals surface area (Å²) in [7, 11) is -4.59. The van der Waals surface area contributed by atoms with Gasteiger partial charge >= 0.3 is 0 Å². The summed E-state index contributed by atoms with van der Waals surface area (Å²) in [6, 6.07) is 36.4. The van der Waals surface area contributed by atoms with Crippen molar-refractivity contribution < 1.29 is 0 Å². The molecule has 8 heteroatoms. The van der Waals surface area contributed by atoms with Crippen LogP contribution in [0, 0.1) is 83.1 Å². The highest BCUT2D eigenvalue weighted by Crippen LogP contribution is 2.94. The van der Waals surface area contributed by atoms with E-state index in [9.17, 15) is 0 Å². The minimum absolute atomic E-state index is 0.980. The van der Waals surface area contributed by atoms with Crippen LogP contribution >= 0.6 is 40.0 Å². The molecule has 0 spiro atoms. The third-order valence-electron chi connectivity index (χ3n) is 13.7. The predicted molar refractivity (Wildman–Crippen MR) is 319 cm³/mol. The summed E-state index contributed by atoms with van der Waals surface area (Å²) in [6.45, 7) is 43.1. The van der Waals surface area contributed by atoms with Gasteiger partial charge in [0.05, 0.1) is 20.7 Å². The molecule has 0 unspecified atom stereocenters. The van der Waals surface area contributed by atoms with E-state index in [0.717, 1.165) is 0 Å². The third kappa shape index (κ3) is 9.96. The van der Waals surface area contributed by atoms with E-state index in [1.807, 2.05) is 0 Å². The average molecular weight is 1010 g/mol. The molecular weight excluding hydrogens is 931 g/mol. The van der Waals surface area contributed by atoms with Gasteiger partial charge in [-0.15, -0.1) is 23.5 Å². The lowest BCUT2D eigenvalue weighted by Crippen LogP contribution is -2.34. The maximum Gasteiger partial charge on any atom is 0.147 e. The summed E-state index contributed by atoms with van der Waals surface area (Å²) in [5.41, 5.74) is 30.1. The normalized spacial score (nSPS) is 16.0. The molecule has 3 aliphatic heterocycles. The van der Waals surface area contributed by atoms with E-state index in [-0.39, 0.29) is 0 Å². The topological polar surface area (TPSA) is 6.48 Å². The zero-order chi connectivity index (χ0) is 49.3. The van der Waals surface area contributed by atoms with Crippen LogP contribution in [0.2, 0.25) is 51.4 Å². The van der Waals surface area contributed by atoms with Crippen molar-refractivity contribution in [3.8, 4) is 44.5 Å². The Labute approximate surface area is 425 Å². The van der Waals surface area contributed by atoms with Crippen LogP contribution < -0.4 is 8.88 Å². The van der Waals surface area contributed by atoms with Crippen LogP contribution in [0.15, 0.2) is 94.2 Å². The molecule has 0 atom stereocenters. The van der Waals surface area contributed by atoms with Gasteiger partial charge in [0.15, 0.2) is 0 Å². The van der Waals surface area contributed by atoms with Crippen molar-refractivity contribution in [1.82, 2.24) is 0 Å². The molecule has 9 rings (SSSR count). The first-order chi connectivity index (χ1) is 32.0. The van der Waals surface area contributed by atoms with E-state index < -0.39 is 32.6 Å². The SMILES string of the molecule is Cc1cc(C)c(-c2cccc(-c3c(C)cc(C)cc3C)c2N2P3C(SCC[Si](C)(C)C)=C(SCC[Si](C)(C)C)P2N3c2c(-c3c(C)cc(C)cc3C)cccc2-c2c(C)cc(C)cc2C)c(C)c1. The fraction of sp³-hybridized carbons (Fsp3) is 0.367. The molecule has 0 aliphatic carbocycles. The zero-order valence-corrected chi connectivity index (χ0v) is 49.9. The second-order valence-corrected chi connectivity index (χ2v) is 40.9. The second kappa shape index (κ2) is 19.7. The van der Waals surface area contributed by atoms with E-state index in [2.05, 4.69) is 240 Å². The van der Waals surface area contributed by atoms with E-state index >= 15 is 0 Å². The van der Waals surface area contributed by atoms with Crippen LogP contribution in [-0.4, -0.2) is 27.7 Å². The molecule has 0 N–H and O–H groups in total. The summed E-state index contributed by atoms with van der Waals surface area (Å²) in [4.78, 5) is 0. The van der Waals surface area contributed by atoms with Crippen LogP contribution in [0.25, 0.3) is 44.5 Å². The van der Waals surface area contributed by atoms with Crippen molar-refractivity contribution in [3.63, 3.8) is 0 Å². The third-order valence-corrected chi connectivity index (χ3v) is 27.5. The van der Waals surface area contributed by atoms with Gasteiger partial charge in [-0.05, 0) is 173 Å². The van der Waals surface area contributed by atoms with Gasteiger partial charge in [-0.25, -0.2) is 0 Å². The van der Waals surface area contributed by atoms with Gasteiger partial charge in [-0.2, -0.15) is 0 Å². The maximum absolute atomic E-state index is 3.05. The Bertz CT molecular complexity index is 2540. The molecule has 3 heterocycles. The minimum Gasteiger partial charge on any atom is -0.284 e. The van der Waals surface area contributed by atoms with Crippen molar-refractivity contribution in [3.05, 3.63) is 161 Å². The highest BCUT2D eigenvalue weighted by atomic mass is 32.2. The molecule has 0 aromatic heterocycles. The lowest BCUT2D eigenvalue weighted by molar-refractivity contribution is 1.30. The predicted octanol–water partition coefficient (Wildman–Crippen LogP) is 20.3. The molecule has 0 saturated carbocycles. The highest BCUT2D eigenvalue weighted by Gasteiger charge is 2.61. The van der Waals surface area contributed by atoms with Crippen molar-refractivity contribution in [2.45, 2.75) is 134 Å². The smallest absolute Gasteiger partial charge is 0.147 e. The van der Waals surface area contributed by atoms with Gasteiger partial charge in [-0.3, -0.25) is 8.88 Å². The van der Waals surface area contributed by atoms with E-state index in [1.165, 1.54) is 146 Å². The van der Waals surface area contributed by atoms with Crippen molar-refractivity contribution in [2.75, 3.05) is 20.4 Å². The Kier molecular flexibility index (Phi) is 14.8. The van der Waals surface area contributed by atoms with Gasteiger partial charge in [0.25, 0.3) is 0 Å². The van der Waals surface area contributed by atoms with Gasteiger partial charge in [-0.1, -0.05) is 146 Å². The molecular formula is C60H76N2P2S2Si2. The molecule has 2 nitrogen and oxygen atoms in total. The number of benzene rings is 6. The number of hydrogen-bond acceptors (Lipinski definition) is 4. The van der Waals surface area contributed by atoms with Crippen LogP contribution in [-0.2, 0) is 0 Å². The fourth-order valence-corrected chi connectivity index (χ4v) is 28.1. The number of nitrogens with zero attached hydrogens (tertiary/aromatic N) is 2. The summed E-state index contributed by atoms with van der Waals surface area (Å²) < 4.78 is 9.42. The summed E-state index contributed by atoms with van der Waals surface area (Å²) in [6.07, 6.45) is 0. The first kappa shape index (κ1) is 51.0. The molecule has 0 radical (unpaired) electrons. The number of hydrogen-bond donors (Lipinski definition) is 0. The van der Waals surface area contributed by atoms with Crippen LogP contribution in [0.4, 0.5) is 11.4 Å². The monoisotopic (exact) mass is 1010 g/mol. The van der Waals surface area contributed by atoms with Crippen molar-refractivity contribution in [1.29, 1.82) is 0 Å². The largest absolute Gasteiger partial charge is 0.284 e. The molecule has 6 aromatic carbocycles. The lowest BCUT2D eigenvalue weighted by atomic mass is 9.87. The standard InChI is InChI=1S/C60H76N2P2S2Si2/c1-37-29-41(5)53(42(6)30-37)49-21-19-22-50(54-43(7)31-38(2)32-44(54)8)57(49)61-63-59(65-25-27-67(13,14)15)60(66-26-28-68(16,17)18)64(61)62(63)58-51(55-45(9)33-39(3)34-46(55)10)23-20-24-52(58)56-47(11)35-40(4)36-48(56)12/h19-24,29-36H,25-28H2,1-18H3. The Hall–Kier alpha value is -3.35. The highest BCUT2D eigenvalue weighted by molar-refractivity contribution is 8.25. The number of rotatable bonds is 14. The second-order valence-electron chi connectivity index (χ2n) is 22.6. The van der Waals surface area contributed by atoms with Crippen LogP contribution in [0.5, 0.6) is 0 Å². The van der Waals surface area contributed by atoms with Crippen LogP contribution in [0.1, 0.15) is 66.8 Å². The summed E-state index contributed by atoms with van der Waals surface area (Å²) in [5, 5.41) is 0. The first-order valence-electron chi connectivity index (χ1n) is 24.7. The number of thioether (sulfide) groups is 2. The van der Waals surface area contributed by atoms with Gasteiger partial charge in [0.2, 0.25) is 0 Å². The molecule has 0 amide bonds. The fourth-order valence-electron chi connectivity index (χ4n) is 11.1. The Morgan fingerprint density at radius 2 is 0.588 bits per heavy atom. The van der Waals surface area contributed by atoms with Gasteiger partial charge in [0.1, 0.15) is 16.4 Å². The molecule has 68 heavy (non-hydrogen) atoms. The molecule has 2 bridgehead atoms. The number of para-hydroxylation sites is 2. The Balaban J connectivity index is 1.48.